The summed E-state index contributed by atoms with van der Waals surface area (Å²) in [5.74, 6) is -0.404. The highest BCUT2D eigenvalue weighted by Gasteiger charge is 2.08. The highest BCUT2D eigenvalue weighted by atomic mass is 79.9. The lowest BCUT2D eigenvalue weighted by atomic mass is 10.2. The molecule has 2 aromatic heterocycles. The van der Waals surface area contributed by atoms with Gasteiger partial charge in [0, 0.05) is 30.9 Å². The molecular formula is C17H17BrFN5O. The van der Waals surface area contributed by atoms with Crippen molar-refractivity contribution in [3.05, 3.63) is 64.4 Å². The first-order valence-electron chi connectivity index (χ1n) is 7.76. The van der Waals surface area contributed by atoms with Crippen molar-refractivity contribution in [3.63, 3.8) is 0 Å². The zero-order chi connectivity index (χ0) is 17.8. The lowest BCUT2D eigenvalue weighted by Crippen LogP contribution is -2.14. The minimum Gasteiger partial charge on any atom is -0.323 e. The van der Waals surface area contributed by atoms with Gasteiger partial charge >= 0.3 is 0 Å². The molecule has 0 saturated carbocycles. The van der Waals surface area contributed by atoms with Crippen molar-refractivity contribution < 1.29 is 9.18 Å². The Bertz CT molecular complexity index is 869. The molecular weight excluding hydrogens is 389 g/mol. The summed E-state index contributed by atoms with van der Waals surface area (Å²) in [7, 11) is 0. The maximum Gasteiger partial charge on any atom is 0.226 e. The summed E-state index contributed by atoms with van der Waals surface area (Å²) in [6.45, 7) is 2.69. The number of aryl methyl sites for hydroxylation is 2. The van der Waals surface area contributed by atoms with E-state index in [1.54, 1.807) is 40.0 Å². The summed E-state index contributed by atoms with van der Waals surface area (Å²) in [6, 6.07) is 6.55. The van der Waals surface area contributed by atoms with Crippen LogP contribution in [0.3, 0.4) is 0 Å². The Hall–Kier alpha value is -2.48. The molecule has 1 amide bonds. The number of benzene rings is 1. The van der Waals surface area contributed by atoms with E-state index in [4.69, 9.17) is 0 Å². The molecule has 8 heteroatoms. The Morgan fingerprint density at radius 1 is 1.28 bits per heavy atom. The van der Waals surface area contributed by atoms with Gasteiger partial charge in [-0.2, -0.15) is 10.2 Å². The number of halogens is 2. The molecule has 0 aliphatic rings. The molecule has 0 aliphatic heterocycles. The number of nitrogens with zero attached hydrogens (tertiary/aromatic N) is 4. The van der Waals surface area contributed by atoms with Crippen molar-refractivity contribution in [2.24, 2.45) is 0 Å². The number of aromatic nitrogens is 4. The zero-order valence-electron chi connectivity index (χ0n) is 13.6. The van der Waals surface area contributed by atoms with Gasteiger partial charge in [-0.1, -0.05) is 18.2 Å². The van der Waals surface area contributed by atoms with Crippen LogP contribution < -0.4 is 5.32 Å². The van der Waals surface area contributed by atoms with Crippen molar-refractivity contribution in [2.45, 2.75) is 26.4 Å². The maximum absolute atomic E-state index is 13.7. The van der Waals surface area contributed by atoms with Gasteiger partial charge in [0.2, 0.25) is 5.91 Å². The van der Waals surface area contributed by atoms with Gasteiger partial charge in [0.05, 0.1) is 28.6 Å². The van der Waals surface area contributed by atoms with Gasteiger partial charge in [0.1, 0.15) is 5.82 Å². The average molecular weight is 406 g/mol. The summed E-state index contributed by atoms with van der Waals surface area (Å²) >= 11 is 3.39. The third-order valence-electron chi connectivity index (χ3n) is 3.66. The molecule has 0 fully saturated rings. The molecule has 0 spiro atoms. The number of hydrogen-bond donors (Lipinski definition) is 1. The van der Waals surface area contributed by atoms with E-state index < -0.39 is 0 Å². The summed E-state index contributed by atoms with van der Waals surface area (Å²) in [5.41, 5.74) is 2.01. The Morgan fingerprint density at radius 3 is 2.80 bits per heavy atom. The summed E-state index contributed by atoms with van der Waals surface area (Å²) < 4.78 is 17.9. The van der Waals surface area contributed by atoms with E-state index in [0.29, 0.717) is 30.8 Å². The van der Waals surface area contributed by atoms with Crippen molar-refractivity contribution in [1.82, 2.24) is 19.6 Å². The van der Waals surface area contributed by atoms with E-state index in [1.807, 2.05) is 13.1 Å². The third-order valence-corrected chi connectivity index (χ3v) is 4.44. The molecule has 0 saturated heterocycles. The van der Waals surface area contributed by atoms with Crippen molar-refractivity contribution in [1.29, 1.82) is 0 Å². The fourth-order valence-corrected chi connectivity index (χ4v) is 2.68. The molecule has 3 aromatic rings. The van der Waals surface area contributed by atoms with E-state index in [2.05, 4.69) is 31.4 Å². The Balaban J connectivity index is 1.54. The molecule has 0 atom stereocenters. The predicted octanol–water partition coefficient (Wildman–Crippen LogP) is 3.37. The van der Waals surface area contributed by atoms with Crippen LogP contribution in [0.5, 0.6) is 0 Å². The molecule has 0 aliphatic carbocycles. The van der Waals surface area contributed by atoms with Gasteiger partial charge < -0.3 is 5.32 Å². The van der Waals surface area contributed by atoms with Gasteiger partial charge in [-0.15, -0.1) is 0 Å². The van der Waals surface area contributed by atoms with Crippen molar-refractivity contribution in [2.75, 3.05) is 5.32 Å². The largest absolute Gasteiger partial charge is 0.323 e. The smallest absolute Gasteiger partial charge is 0.226 e. The van der Waals surface area contributed by atoms with Crippen LogP contribution >= 0.6 is 15.9 Å². The van der Waals surface area contributed by atoms with Gasteiger partial charge in [-0.05, 0) is 28.9 Å². The minimum atomic E-state index is -0.274. The second-order valence-corrected chi connectivity index (χ2v) is 6.50. The molecule has 1 N–H and O–H groups in total. The van der Waals surface area contributed by atoms with E-state index >= 15 is 0 Å². The summed E-state index contributed by atoms with van der Waals surface area (Å²) in [5, 5.41) is 11.2. The van der Waals surface area contributed by atoms with E-state index in [-0.39, 0.29) is 11.7 Å². The second kappa shape index (κ2) is 7.60. The van der Waals surface area contributed by atoms with Gasteiger partial charge in [-0.3, -0.25) is 14.2 Å². The molecule has 2 heterocycles. The van der Waals surface area contributed by atoms with Crippen LogP contribution in [0.4, 0.5) is 10.1 Å². The zero-order valence-corrected chi connectivity index (χ0v) is 15.2. The highest BCUT2D eigenvalue weighted by Crippen LogP contribution is 2.14. The molecule has 1 aromatic carbocycles. The fraction of sp³-hybridized carbons (Fsp3) is 0.235. The normalized spacial score (nSPS) is 10.8. The first kappa shape index (κ1) is 17.3. The first-order valence-corrected chi connectivity index (χ1v) is 8.56. The number of nitrogens with one attached hydrogen (secondary N) is 1. The molecule has 0 radical (unpaired) electrons. The summed E-state index contributed by atoms with van der Waals surface area (Å²) in [6.07, 6.45) is 5.37. The third kappa shape index (κ3) is 4.54. The first-order chi connectivity index (χ1) is 12.0. The van der Waals surface area contributed by atoms with Crippen LogP contribution in [0.25, 0.3) is 0 Å². The fourth-order valence-electron chi connectivity index (χ4n) is 2.36. The lowest BCUT2D eigenvalue weighted by molar-refractivity contribution is -0.116. The molecule has 0 unspecified atom stereocenters. The van der Waals surface area contributed by atoms with E-state index in [1.165, 1.54) is 6.07 Å². The standard InChI is InChI=1S/C17H17BrFN5O/c1-12-15(18)11-23(22-12)7-6-17(25)21-14-8-20-24(10-14)9-13-4-2-3-5-16(13)19/h2-5,8,10-11H,6-7,9H2,1H3,(H,21,25). The number of carbonyl (C=O) groups is 1. The lowest BCUT2D eigenvalue weighted by Gasteiger charge is -2.04. The predicted molar refractivity (Wildman–Crippen MR) is 95.6 cm³/mol. The number of rotatable bonds is 6. The minimum absolute atomic E-state index is 0.130. The van der Waals surface area contributed by atoms with Crippen molar-refractivity contribution >= 4 is 27.5 Å². The van der Waals surface area contributed by atoms with Crippen LogP contribution in [-0.4, -0.2) is 25.5 Å². The number of carbonyl (C=O) groups excluding carboxylic acids is 1. The monoisotopic (exact) mass is 405 g/mol. The Kier molecular flexibility index (Phi) is 5.28. The molecule has 3 rings (SSSR count). The average Bonchev–Trinajstić information content (AvgIpc) is 3.14. The van der Waals surface area contributed by atoms with Crippen molar-refractivity contribution in [3.8, 4) is 0 Å². The highest BCUT2D eigenvalue weighted by molar-refractivity contribution is 9.10. The molecule has 130 valence electrons. The summed E-state index contributed by atoms with van der Waals surface area (Å²) in [4.78, 5) is 12.0. The van der Waals surface area contributed by atoms with E-state index in [0.717, 1.165) is 10.2 Å². The SMILES string of the molecule is Cc1nn(CCC(=O)Nc2cnn(Cc3ccccc3F)c2)cc1Br. The van der Waals surface area contributed by atoms with Crippen LogP contribution in [0, 0.1) is 12.7 Å². The number of amides is 1. The maximum atomic E-state index is 13.7. The Labute approximate surface area is 152 Å². The van der Waals surface area contributed by atoms with Crippen LogP contribution in [0.15, 0.2) is 47.3 Å². The number of anilines is 1. The van der Waals surface area contributed by atoms with Gasteiger partial charge in [-0.25, -0.2) is 4.39 Å². The van der Waals surface area contributed by atoms with E-state index in [9.17, 15) is 9.18 Å². The van der Waals surface area contributed by atoms with Gasteiger partial charge in [0.25, 0.3) is 0 Å². The molecule has 6 nitrogen and oxygen atoms in total. The van der Waals surface area contributed by atoms with Crippen LogP contribution in [0.2, 0.25) is 0 Å². The quantitative estimate of drug-likeness (QED) is 0.683. The van der Waals surface area contributed by atoms with Gasteiger partial charge in [0.15, 0.2) is 0 Å². The number of hydrogen-bond acceptors (Lipinski definition) is 3. The Morgan fingerprint density at radius 2 is 2.08 bits per heavy atom. The molecule has 0 bridgehead atoms. The van der Waals surface area contributed by atoms with Crippen LogP contribution in [0.1, 0.15) is 17.7 Å². The van der Waals surface area contributed by atoms with Crippen LogP contribution in [-0.2, 0) is 17.9 Å². The molecule has 25 heavy (non-hydrogen) atoms. The topological polar surface area (TPSA) is 64.7 Å². The second-order valence-electron chi connectivity index (χ2n) is 5.64.